The fourth-order valence-electron chi connectivity index (χ4n) is 1.78. The Balaban J connectivity index is 2.26. The molecular formula is C12H15NO. The third-order valence-electron chi connectivity index (χ3n) is 2.94. The standard InChI is InChI=1S/C12H15NO/c1-11(2)7-8-12(9-13-11)5-3-10(14)4-6-12/h3-6,9H,7-8H2,1-2H3. The van der Waals surface area contributed by atoms with Crippen LogP contribution in [-0.4, -0.2) is 17.5 Å². The summed E-state index contributed by atoms with van der Waals surface area (Å²) in [6.45, 7) is 4.27. The SMILES string of the molecule is CC1(C)CCC2(C=CC(=O)C=C2)C=N1. The van der Waals surface area contributed by atoms with Crippen LogP contribution in [0, 0.1) is 5.41 Å². The Morgan fingerprint density at radius 1 is 1.21 bits per heavy atom. The normalized spacial score (nSPS) is 27.1. The second kappa shape index (κ2) is 2.91. The monoisotopic (exact) mass is 189 g/mol. The van der Waals surface area contributed by atoms with Gasteiger partial charge in [0.15, 0.2) is 5.78 Å². The average Bonchev–Trinajstić information content (AvgIpc) is 2.16. The Morgan fingerprint density at radius 2 is 1.86 bits per heavy atom. The maximum absolute atomic E-state index is 11.0. The maximum Gasteiger partial charge on any atom is 0.178 e. The molecule has 2 nitrogen and oxygen atoms in total. The number of hydrogen-bond donors (Lipinski definition) is 0. The van der Waals surface area contributed by atoms with E-state index in [0.29, 0.717) is 0 Å². The van der Waals surface area contributed by atoms with E-state index in [1.54, 1.807) is 12.2 Å². The Labute approximate surface area is 84.4 Å². The zero-order valence-electron chi connectivity index (χ0n) is 8.66. The smallest absolute Gasteiger partial charge is 0.178 e. The van der Waals surface area contributed by atoms with Gasteiger partial charge in [-0.2, -0.15) is 0 Å². The molecule has 0 aromatic heterocycles. The molecule has 1 spiro atoms. The molecule has 2 aliphatic rings. The molecule has 0 aromatic carbocycles. The number of hydrogen-bond acceptors (Lipinski definition) is 2. The van der Waals surface area contributed by atoms with Crippen LogP contribution in [-0.2, 0) is 4.79 Å². The summed E-state index contributed by atoms with van der Waals surface area (Å²) in [4.78, 5) is 15.5. The summed E-state index contributed by atoms with van der Waals surface area (Å²) < 4.78 is 0. The highest BCUT2D eigenvalue weighted by molar-refractivity contribution is 6.01. The maximum atomic E-state index is 11.0. The van der Waals surface area contributed by atoms with E-state index in [9.17, 15) is 4.79 Å². The zero-order chi connectivity index (χ0) is 10.2. The van der Waals surface area contributed by atoms with Crippen LogP contribution in [0.5, 0.6) is 0 Å². The van der Waals surface area contributed by atoms with Crippen LogP contribution < -0.4 is 0 Å². The van der Waals surface area contributed by atoms with Gasteiger partial charge in [-0.15, -0.1) is 0 Å². The van der Waals surface area contributed by atoms with E-state index in [0.717, 1.165) is 12.8 Å². The summed E-state index contributed by atoms with van der Waals surface area (Å²) in [5, 5.41) is 0. The topological polar surface area (TPSA) is 29.4 Å². The molecule has 0 N–H and O–H groups in total. The van der Waals surface area contributed by atoms with E-state index in [2.05, 4.69) is 18.8 Å². The summed E-state index contributed by atoms with van der Waals surface area (Å²) >= 11 is 0. The van der Waals surface area contributed by atoms with Gasteiger partial charge in [0, 0.05) is 11.6 Å². The summed E-state index contributed by atoms with van der Waals surface area (Å²) in [5.74, 6) is 0.0776. The van der Waals surface area contributed by atoms with E-state index in [1.165, 1.54) is 0 Å². The summed E-state index contributed by atoms with van der Waals surface area (Å²) in [6, 6.07) is 0. The molecule has 2 rings (SSSR count). The van der Waals surface area contributed by atoms with E-state index >= 15 is 0 Å². The number of ketones is 1. The zero-order valence-corrected chi connectivity index (χ0v) is 8.66. The molecule has 1 aliphatic heterocycles. The van der Waals surface area contributed by atoms with Crippen LogP contribution >= 0.6 is 0 Å². The van der Waals surface area contributed by atoms with Gasteiger partial charge in [0.25, 0.3) is 0 Å². The molecule has 0 unspecified atom stereocenters. The first-order valence-electron chi connectivity index (χ1n) is 5.00. The largest absolute Gasteiger partial charge is 0.290 e. The summed E-state index contributed by atoms with van der Waals surface area (Å²) in [5.41, 5.74) is -0.0161. The fourth-order valence-corrected chi connectivity index (χ4v) is 1.78. The predicted molar refractivity (Wildman–Crippen MR) is 57.5 cm³/mol. The lowest BCUT2D eigenvalue weighted by Crippen LogP contribution is -2.32. The lowest BCUT2D eigenvalue weighted by Gasteiger charge is -2.34. The summed E-state index contributed by atoms with van der Waals surface area (Å²) in [7, 11) is 0. The van der Waals surface area contributed by atoms with Gasteiger partial charge in [0.2, 0.25) is 0 Å². The minimum Gasteiger partial charge on any atom is -0.290 e. The molecular weight excluding hydrogens is 174 g/mol. The Kier molecular flexibility index (Phi) is 1.95. The van der Waals surface area contributed by atoms with Gasteiger partial charge in [-0.05, 0) is 38.8 Å². The highest BCUT2D eigenvalue weighted by Crippen LogP contribution is 2.36. The predicted octanol–water partition coefficient (Wildman–Crippen LogP) is 2.31. The molecule has 0 aromatic rings. The number of rotatable bonds is 0. The van der Waals surface area contributed by atoms with Gasteiger partial charge in [-0.3, -0.25) is 9.79 Å². The van der Waals surface area contributed by atoms with Crippen molar-refractivity contribution in [1.82, 2.24) is 0 Å². The Bertz CT molecular complexity index is 331. The van der Waals surface area contributed by atoms with Crippen LogP contribution in [0.25, 0.3) is 0 Å². The molecule has 0 radical (unpaired) electrons. The number of aliphatic imine (C=N–C) groups is 1. The van der Waals surface area contributed by atoms with Crippen molar-refractivity contribution >= 4 is 12.0 Å². The van der Waals surface area contributed by atoms with Crippen molar-refractivity contribution in [2.45, 2.75) is 32.2 Å². The first-order valence-corrected chi connectivity index (χ1v) is 5.00. The molecule has 0 fully saturated rings. The summed E-state index contributed by atoms with van der Waals surface area (Å²) in [6.07, 6.45) is 11.3. The van der Waals surface area contributed by atoms with Crippen molar-refractivity contribution < 1.29 is 4.79 Å². The minimum atomic E-state index is -0.0799. The van der Waals surface area contributed by atoms with Gasteiger partial charge in [-0.1, -0.05) is 12.2 Å². The van der Waals surface area contributed by atoms with Crippen LogP contribution in [0.4, 0.5) is 0 Å². The van der Waals surface area contributed by atoms with Crippen LogP contribution in [0.3, 0.4) is 0 Å². The number of allylic oxidation sites excluding steroid dienone is 4. The molecule has 0 amide bonds. The second-order valence-corrected chi connectivity index (χ2v) is 4.75. The fraction of sp³-hybridized carbons (Fsp3) is 0.500. The second-order valence-electron chi connectivity index (χ2n) is 4.75. The number of nitrogens with zero attached hydrogens (tertiary/aromatic N) is 1. The molecule has 2 heteroatoms. The highest BCUT2D eigenvalue weighted by Gasteiger charge is 2.32. The van der Waals surface area contributed by atoms with Crippen molar-refractivity contribution in [3.8, 4) is 0 Å². The lowest BCUT2D eigenvalue weighted by molar-refractivity contribution is -0.110. The number of carbonyl (C=O) groups is 1. The van der Waals surface area contributed by atoms with Gasteiger partial charge in [0.1, 0.15) is 0 Å². The molecule has 74 valence electrons. The van der Waals surface area contributed by atoms with Crippen molar-refractivity contribution in [3.05, 3.63) is 24.3 Å². The van der Waals surface area contributed by atoms with Crippen molar-refractivity contribution in [2.75, 3.05) is 0 Å². The molecule has 1 aliphatic carbocycles. The third kappa shape index (κ3) is 1.69. The molecule has 14 heavy (non-hydrogen) atoms. The van der Waals surface area contributed by atoms with Crippen LogP contribution in [0.2, 0.25) is 0 Å². The van der Waals surface area contributed by atoms with E-state index in [-0.39, 0.29) is 16.7 Å². The minimum absolute atomic E-state index is 0.0639. The quantitative estimate of drug-likeness (QED) is 0.575. The van der Waals surface area contributed by atoms with Crippen molar-refractivity contribution in [1.29, 1.82) is 0 Å². The lowest BCUT2D eigenvalue weighted by atomic mass is 9.75. The van der Waals surface area contributed by atoms with Gasteiger partial charge in [0.05, 0.1) is 5.54 Å². The van der Waals surface area contributed by atoms with Gasteiger partial charge < -0.3 is 0 Å². The molecule has 0 atom stereocenters. The first kappa shape index (κ1) is 9.38. The average molecular weight is 189 g/mol. The van der Waals surface area contributed by atoms with Gasteiger partial charge >= 0.3 is 0 Å². The molecule has 0 bridgehead atoms. The Morgan fingerprint density at radius 3 is 2.36 bits per heavy atom. The molecule has 1 heterocycles. The van der Waals surface area contributed by atoms with E-state index < -0.39 is 0 Å². The van der Waals surface area contributed by atoms with Gasteiger partial charge in [-0.25, -0.2) is 0 Å². The van der Waals surface area contributed by atoms with Crippen LogP contribution in [0.1, 0.15) is 26.7 Å². The highest BCUT2D eigenvalue weighted by atomic mass is 16.1. The van der Waals surface area contributed by atoms with E-state index in [4.69, 9.17) is 0 Å². The van der Waals surface area contributed by atoms with Crippen LogP contribution in [0.15, 0.2) is 29.3 Å². The number of carbonyl (C=O) groups excluding carboxylic acids is 1. The van der Waals surface area contributed by atoms with Crippen molar-refractivity contribution in [2.24, 2.45) is 10.4 Å². The van der Waals surface area contributed by atoms with E-state index in [1.807, 2.05) is 18.4 Å². The molecule has 0 saturated heterocycles. The molecule has 0 saturated carbocycles. The van der Waals surface area contributed by atoms with Crippen molar-refractivity contribution in [3.63, 3.8) is 0 Å². The third-order valence-corrected chi connectivity index (χ3v) is 2.94. The first-order chi connectivity index (χ1) is 6.52. The Hall–Kier alpha value is -1.18.